The Hall–Kier alpha value is -0.0800. The van der Waals surface area contributed by atoms with Gasteiger partial charge >= 0.3 is 0 Å². The molecule has 0 aliphatic carbocycles. The van der Waals surface area contributed by atoms with Crippen molar-refractivity contribution in [3.05, 3.63) is 0 Å². The van der Waals surface area contributed by atoms with Crippen molar-refractivity contribution in [1.29, 1.82) is 0 Å². The molecule has 1 unspecified atom stereocenters. The summed E-state index contributed by atoms with van der Waals surface area (Å²) in [6.07, 6.45) is 3.97. The normalized spacial score (nSPS) is 13.8. The van der Waals surface area contributed by atoms with E-state index < -0.39 is 0 Å². The zero-order valence-corrected chi connectivity index (χ0v) is 9.06. The maximum absolute atomic E-state index is 3.42. The summed E-state index contributed by atoms with van der Waals surface area (Å²) in [4.78, 5) is 2.25. The lowest BCUT2D eigenvalue weighted by atomic mass is 10.1. The van der Waals surface area contributed by atoms with E-state index in [0.717, 1.165) is 6.54 Å². The summed E-state index contributed by atoms with van der Waals surface area (Å²) in [5.74, 6) is 0. The van der Waals surface area contributed by atoms with Crippen molar-refractivity contribution >= 4 is 0 Å². The van der Waals surface area contributed by atoms with Crippen molar-refractivity contribution < 1.29 is 0 Å². The molecule has 0 aliphatic rings. The molecular weight excluding hydrogens is 148 g/mol. The van der Waals surface area contributed by atoms with Crippen LogP contribution in [0, 0.1) is 0 Å². The molecule has 0 bridgehead atoms. The fourth-order valence-corrected chi connectivity index (χ4v) is 1.33. The predicted molar refractivity (Wildman–Crippen MR) is 55.5 cm³/mol. The van der Waals surface area contributed by atoms with E-state index in [2.05, 4.69) is 38.2 Å². The molecule has 2 nitrogen and oxygen atoms in total. The van der Waals surface area contributed by atoms with E-state index >= 15 is 0 Å². The lowest BCUT2D eigenvalue weighted by Gasteiger charge is -2.13. The highest BCUT2D eigenvalue weighted by Crippen LogP contribution is 2.00. The van der Waals surface area contributed by atoms with Gasteiger partial charge < -0.3 is 10.2 Å². The first-order valence-corrected chi connectivity index (χ1v) is 5.05. The molecule has 0 heterocycles. The summed E-state index contributed by atoms with van der Waals surface area (Å²) in [5.41, 5.74) is 0. The Morgan fingerprint density at radius 3 is 2.42 bits per heavy atom. The van der Waals surface area contributed by atoms with E-state index in [0.29, 0.717) is 6.04 Å². The highest BCUT2D eigenvalue weighted by atomic mass is 15.0. The third-order valence-electron chi connectivity index (χ3n) is 2.05. The van der Waals surface area contributed by atoms with E-state index in [4.69, 9.17) is 0 Å². The number of rotatable bonds is 7. The van der Waals surface area contributed by atoms with Gasteiger partial charge in [-0.2, -0.15) is 0 Å². The summed E-state index contributed by atoms with van der Waals surface area (Å²) in [6, 6.07) is 0.692. The van der Waals surface area contributed by atoms with Crippen LogP contribution in [-0.4, -0.2) is 38.1 Å². The first-order valence-electron chi connectivity index (χ1n) is 5.05. The first kappa shape index (κ1) is 11.9. The Morgan fingerprint density at radius 1 is 1.25 bits per heavy atom. The molecule has 0 spiro atoms. The lowest BCUT2D eigenvalue weighted by molar-refractivity contribution is 0.382. The summed E-state index contributed by atoms with van der Waals surface area (Å²) in [7, 11) is 4.27. The van der Waals surface area contributed by atoms with Crippen LogP contribution in [0.4, 0.5) is 0 Å². The molecule has 0 amide bonds. The first-order chi connectivity index (χ1) is 5.66. The molecule has 2 heteroatoms. The molecule has 0 aromatic rings. The monoisotopic (exact) mass is 172 g/mol. The largest absolute Gasteiger partial charge is 0.315 e. The van der Waals surface area contributed by atoms with Crippen LogP contribution in [0.15, 0.2) is 0 Å². The van der Waals surface area contributed by atoms with Gasteiger partial charge in [0.2, 0.25) is 0 Å². The standard InChI is InChI=1S/C10H24N2/c1-5-11-10(2)8-6-7-9-12(3)4/h10-11H,5-9H2,1-4H3. The second-order valence-corrected chi connectivity index (χ2v) is 3.76. The van der Waals surface area contributed by atoms with Gasteiger partial charge in [0.1, 0.15) is 0 Å². The van der Waals surface area contributed by atoms with Gasteiger partial charge in [-0.3, -0.25) is 0 Å². The molecule has 0 saturated heterocycles. The molecule has 12 heavy (non-hydrogen) atoms. The van der Waals surface area contributed by atoms with Gasteiger partial charge in [-0.15, -0.1) is 0 Å². The quantitative estimate of drug-likeness (QED) is 0.588. The second kappa shape index (κ2) is 7.56. The summed E-state index contributed by atoms with van der Waals surface area (Å²) in [5, 5.41) is 3.42. The fraction of sp³-hybridized carbons (Fsp3) is 1.00. The highest BCUT2D eigenvalue weighted by Gasteiger charge is 1.98. The third kappa shape index (κ3) is 8.02. The Bertz CT molecular complexity index is 91.8. The van der Waals surface area contributed by atoms with E-state index in [9.17, 15) is 0 Å². The highest BCUT2D eigenvalue weighted by molar-refractivity contribution is 4.59. The Kier molecular flexibility index (Phi) is 7.51. The van der Waals surface area contributed by atoms with Gasteiger partial charge in [-0.25, -0.2) is 0 Å². The Balaban J connectivity index is 3.08. The third-order valence-corrected chi connectivity index (χ3v) is 2.05. The van der Waals surface area contributed by atoms with Crippen molar-refractivity contribution in [3.63, 3.8) is 0 Å². The van der Waals surface area contributed by atoms with Gasteiger partial charge in [0.25, 0.3) is 0 Å². The summed E-state index contributed by atoms with van der Waals surface area (Å²) < 4.78 is 0. The van der Waals surface area contributed by atoms with Crippen LogP contribution in [-0.2, 0) is 0 Å². The van der Waals surface area contributed by atoms with Crippen molar-refractivity contribution in [2.45, 2.75) is 39.2 Å². The minimum Gasteiger partial charge on any atom is -0.315 e. The van der Waals surface area contributed by atoms with Crippen LogP contribution in [0.5, 0.6) is 0 Å². The van der Waals surface area contributed by atoms with Crippen molar-refractivity contribution in [2.24, 2.45) is 0 Å². The van der Waals surface area contributed by atoms with E-state index in [1.54, 1.807) is 0 Å². The Labute approximate surface area is 77.3 Å². The van der Waals surface area contributed by atoms with Crippen LogP contribution in [0.1, 0.15) is 33.1 Å². The molecule has 0 saturated carbocycles. The van der Waals surface area contributed by atoms with Gasteiger partial charge in [0, 0.05) is 6.04 Å². The molecule has 0 aliphatic heterocycles. The summed E-state index contributed by atoms with van der Waals surface area (Å²) >= 11 is 0. The molecule has 0 rings (SSSR count). The number of hydrogen-bond acceptors (Lipinski definition) is 2. The van der Waals surface area contributed by atoms with Crippen molar-refractivity contribution in [2.75, 3.05) is 27.2 Å². The van der Waals surface area contributed by atoms with Crippen LogP contribution >= 0.6 is 0 Å². The average Bonchev–Trinajstić information content (AvgIpc) is 1.98. The van der Waals surface area contributed by atoms with Crippen LogP contribution < -0.4 is 5.32 Å². The number of nitrogens with zero attached hydrogens (tertiary/aromatic N) is 1. The smallest absolute Gasteiger partial charge is 0.00386 e. The van der Waals surface area contributed by atoms with Crippen LogP contribution in [0.2, 0.25) is 0 Å². The minimum atomic E-state index is 0.692. The molecule has 74 valence electrons. The van der Waals surface area contributed by atoms with Gasteiger partial charge in [-0.05, 0) is 47.0 Å². The van der Waals surface area contributed by atoms with Crippen LogP contribution in [0.25, 0.3) is 0 Å². The molecule has 1 atom stereocenters. The van der Waals surface area contributed by atoms with Crippen molar-refractivity contribution in [1.82, 2.24) is 10.2 Å². The van der Waals surface area contributed by atoms with Gasteiger partial charge in [-0.1, -0.05) is 13.3 Å². The molecule has 0 aromatic carbocycles. The number of nitrogens with one attached hydrogen (secondary N) is 1. The maximum atomic E-state index is 3.42. The minimum absolute atomic E-state index is 0.692. The average molecular weight is 172 g/mol. The predicted octanol–water partition coefficient (Wildman–Crippen LogP) is 1.72. The molecule has 1 N–H and O–H groups in total. The molecule has 0 radical (unpaired) electrons. The maximum Gasteiger partial charge on any atom is 0.00386 e. The van der Waals surface area contributed by atoms with E-state index in [1.165, 1.54) is 25.8 Å². The topological polar surface area (TPSA) is 15.3 Å². The van der Waals surface area contributed by atoms with Gasteiger partial charge in [0.05, 0.1) is 0 Å². The number of unbranched alkanes of at least 4 members (excludes halogenated alkanes) is 1. The second-order valence-electron chi connectivity index (χ2n) is 3.76. The zero-order chi connectivity index (χ0) is 9.40. The molecular formula is C10H24N2. The zero-order valence-electron chi connectivity index (χ0n) is 9.06. The molecule has 0 aromatic heterocycles. The van der Waals surface area contributed by atoms with E-state index in [1.807, 2.05) is 0 Å². The fourth-order valence-electron chi connectivity index (χ4n) is 1.33. The van der Waals surface area contributed by atoms with E-state index in [-0.39, 0.29) is 0 Å². The van der Waals surface area contributed by atoms with Gasteiger partial charge in [0.15, 0.2) is 0 Å². The lowest BCUT2D eigenvalue weighted by Crippen LogP contribution is -2.25. The molecule has 0 fully saturated rings. The SMILES string of the molecule is CCNC(C)CCCCN(C)C. The Morgan fingerprint density at radius 2 is 1.92 bits per heavy atom. The van der Waals surface area contributed by atoms with Crippen molar-refractivity contribution in [3.8, 4) is 0 Å². The summed E-state index contributed by atoms with van der Waals surface area (Å²) in [6.45, 7) is 6.74. The number of hydrogen-bond donors (Lipinski definition) is 1. The van der Waals surface area contributed by atoms with Crippen LogP contribution in [0.3, 0.4) is 0 Å².